The number of rotatable bonds is 7. The molecule has 160 valence electrons. The number of thiocarbonyl (C=S) groups is 1. The number of pyridine rings is 1. The number of esters is 1. The second-order valence-electron chi connectivity index (χ2n) is 7.49. The fraction of sp³-hybridized carbons (Fsp3) is 0.292. The molecule has 3 aromatic rings. The van der Waals surface area contributed by atoms with Gasteiger partial charge in [-0.2, -0.15) is 0 Å². The molecule has 6 nitrogen and oxygen atoms in total. The molecule has 1 aliphatic rings. The molecule has 3 heterocycles. The van der Waals surface area contributed by atoms with Crippen LogP contribution >= 0.6 is 12.2 Å². The third-order valence-electron chi connectivity index (χ3n) is 5.60. The van der Waals surface area contributed by atoms with Gasteiger partial charge in [0.1, 0.15) is 0 Å². The predicted molar refractivity (Wildman–Crippen MR) is 124 cm³/mol. The van der Waals surface area contributed by atoms with E-state index >= 15 is 0 Å². The molecule has 1 fully saturated rings. The van der Waals surface area contributed by atoms with E-state index in [4.69, 9.17) is 17.0 Å². The van der Waals surface area contributed by atoms with Crippen molar-refractivity contribution < 1.29 is 9.53 Å². The number of aromatic nitrogens is 2. The van der Waals surface area contributed by atoms with Crippen molar-refractivity contribution in [3.63, 3.8) is 0 Å². The van der Waals surface area contributed by atoms with E-state index in [9.17, 15) is 4.79 Å². The molecule has 1 aromatic carbocycles. The molecular weight excluding hydrogens is 408 g/mol. The number of para-hydroxylation sites is 1. The van der Waals surface area contributed by atoms with Gasteiger partial charge in [0.25, 0.3) is 0 Å². The predicted octanol–water partition coefficient (Wildman–Crippen LogP) is 4.43. The molecule has 2 atom stereocenters. The van der Waals surface area contributed by atoms with Crippen molar-refractivity contribution >= 4 is 23.3 Å². The van der Waals surface area contributed by atoms with Crippen LogP contribution in [0.15, 0.2) is 67.0 Å². The first-order valence-electron chi connectivity index (χ1n) is 10.5. The van der Waals surface area contributed by atoms with E-state index in [-0.39, 0.29) is 18.1 Å². The number of carbonyl (C=O) groups is 1. The van der Waals surface area contributed by atoms with Crippen molar-refractivity contribution in [3.05, 3.63) is 83.9 Å². The van der Waals surface area contributed by atoms with Crippen LogP contribution in [0.1, 0.15) is 53.6 Å². The van der Waals surface area contributed by atoms with E-state index in [2.05, 4.69) is 32.8 Å². The summed E-state index contributed by atoms with van der Waals surface area (Å²) in [5.74, 6) is -0.362. The molecule has 0 spiro atoms. The van der Waals surface area contributed by atoms with E-state index in [1.807, 2.05) is 48.7 Å². The van der Waals surface area contributed by atoms with Gasteiger partial charge in [-0.05, 0) is 55.0 Å². The molecule has 1 saturated heterocycles. The molecule has 0 saturated carbocycles. The Labute approximate surface area is 187 Å². The lowest BCUT2D eigenvalue weighted by atomic mass is 10.0. The van der Waals surface area contributed by atoms with Crippen molar-refractivity contribution in [2.45, 2.75) is 31.8 Å². The quantitative estimate of drug-likeness (QED) is 0.438. The first-order chi connectivity index (χ1) is 15.2. The highest BCUT2D eigenvalue weighted by atomic mass is 32.1. The minimum Gasteiger partial charge on any atom is -0.465 e. The molecule has 2 aromatic heterocycles. The molecule has 1 aliphatic heterocycles. The zero-order valence-corrected chi connectivity index (χ0v) is 18.5. The van der Waals surface area contributed by atoms with Crippen LogP contribution < -0.4 is 5.32 Å². The van der Waals surface area contributed by atoms with E-state index in [1.165, 1.54) is 7.11 Å². The van der Waals surface area contributed by atoms with Gasteiger partial charge in [0.05, 0.1) is 36.1 Å². The number of nitrogens with zero attached hydrogens (tertiary/aromatic N) is 3. The number of hydrogen-bond donors (Lipinski definition) is 1. The summed E-state index contributed by atoms with van der Waals surface area (Å²) in [6.45, 7) is 3.02. The first-order valence-corrected chi connectivity index (χ1v) is 10.9. The summed E-state index contributed by atoms with van der Waals surface area (Å²) in [5, 5.41) is 4.21. The molecular formula is C24H26N4O2S. The summed E-state index contributed by atoms with van der Waals surface area (Å²) >= 11 is 5.73. The number of benzene rings is 1. The van der Waals surface area contributed by atoms with Crippen LogP contribution in [0.4, 0.5) is 0 Å². The monoisotopic (exact) mass is 434 g/mol. The standard InChI is InChI=1S/C24H26N4O2S/c1-3-4-15-28-22(21(26-24(28)31)18-11-7-8-14-25-18)20-13-9-16-27(20)19-12-6-5-10-17(19)23(29)30-2/h5-14,16,21-22H,3-4,15H2,1-2H3,(H,26,31)/t21-,22+/m1/s1. The lowest BCUT2D eigenvalue weighted by Gasteiger charge is -2.29. The number of unbranched alkanes of at least 4 members (excludes halogenated alkanes) is 1. The van der Waals surface area contributed by atoms with Gasteiger partial charge in [-0.3, -0.25) is 4.98 Å². The van der Waals surface area contributed by atoms with Crippen LogP contribution in [0.5, 0.6) is 0 Å². The molecule has 0 bridgehead atoms. The Kier molecular flexibility index (Phi) is 6.32. The number of ether oxygens (including phenoxy) is 1. The third kappa shape index (κ3) is 4.05. The molecule has 0 aliphatic carbocycles. The van der Waals surface area contributed by atoms with E-state index in [0.29, 0.717) is 5.56 Å². The van der Waals surface area contributed by atoms with Crippen molar-refractivity contribution in [2.75, 3.05) is 13.7 Å². The van der Waals surface area contributed by atoms with Crippen LogP contribution in [-0.4, -0.2) is 39.2 Å². The van der Waals surface area contributed by atoms with Gasteiger partial charge in [-0.15, -0.1) is 0 Å². The third-order valence-corrected chi connectivity index (χ3v) is 5.95. The summed E-state index contributed by atoms with van der Waals surface area (Å²) in [6, 6.07) is 17.3. The van der Waals surface area contributed by atoms with Crippen LogP contribution in [0.2, 0.25) is 0 Å². The highest BCUT2D eigenvalue weighted by Gasteiger charge is 2.41. The van der Waals surface area contributed by atoms with Crippen molar-refractivity contribution in [1.82, 2.24) is 19.8 Å². The second kappa shape index (κ2) is 9.31. The van der Waals surface area contributed by atoms with Crippen LogP contribution in [0, 0.1) is 0 Å². The van der Waals surface area contributed by atoms with Crippen molar-refractivity contribution in [1.29, 1.82) is 0 Å². The average Bonchev–Trinajstić information content (AvgIpc) is 3.41. The van der Waals surface area contributed by atoms with Crippen LogP contribution in [0.3, 0.4) is 0 Å². The topological polar surface area (TPSA) is 59.4 Å². The SMILES string of the molecule is CCCCN1C(=S)N[C@H](c2ccccn2)[C@@H]1c1cccn1-c1ccccc1C(=O)OC. The number of nitrogens with one attached hydrogen (secondary N) is 1. The summed E-state index contributed by atoms with van der Waals surface area (Å²) in [5.41, 5.74) is 3.27. The van der Waals surface area contributed by atoms with Gasteiger partial charge in [0, 0.05) is 24.6 Å². The zero-order chi connectivity index (χ0) is 21.8. The van der Waals surface area contributed by atoms with Gasteiger partial charge >= 0.3 is 5.97 Å². The smallest absolute Gasteiger partial charge is 0.339 e. The zero-order valence-electron chi connectivity index (χ0n) is 17.7. The maximum Gasteiger partial charge on any atom is 0.339 e. The average molecular weight is 435 g/mol. The Hall–Kier alpha value is -3.19. The molecule has 1 N–H and O–H groups in total. The Morgan fingerprint density at radius 2 is 1.97 bits per heavy atom. The summed E-state index contributed by atoms with van der Waals surface area (Å²) in [6.07, 6.45) is 5.89. The van der Waals surface area contributed by atoms with Gasteiger partial charge in [0.2, 0.25) is 0 Å². The fourth-order valence-electron chi connectivity index (χ4n) is 4.12. The van der Waals surface area contributed by atoms with Gasteiger partial charge in [0.15, 0.2) is 5.11 Å². The Bertz CT molecular complexity index is 1070. The highest BCUT2D eigenvalue weighted by molar-refractivity contribution is 7.80. The Morgan fingerprint density at radius 1 is 1.16 bits per heavy atom. The van der Waals surface area contributed by atoms with Gasteiger partial charge < -0.3 is 19.5 Å². The van der Waals surface area contributed by atoms with Crippen molar-refractivity contribution in [3.8, 4) is 5.69 Å². The minimum atomic E-state index is -0.362. The lowest BCUT2D eigenvalue weighted by molar-refractivity contribution is 0.0600. The van der Waals surface area contributed by atoms with Gasteiger partial charge in [-0.1, -0.05) is 31.5 Å². The van der Waals surface area contributed by atoms with Crippen molar-refractivity contribution in [2.24, 2.45) is 0 Å². The Morgan fingerprint density at radius 3 is 2.71 bits per heavy atom. The van der Waals surface area contributed by atoms with Crippen LogP contribution in [0.25, 0.3) is 5.69 Å². The molecule has 0 radical (unpaired) electrons. The van der Waals surface area contributed by atoms with Crippen LogP contribution in [-0.2, 0) is 4.74 Å². The largest absolute Gasteiger partial charge is 0.465 e. The Balaban J connectivity index is 1.83. The maximum atomic E-state index is 12.4. The number of methoxy groups -OCH3 is 1. The maximum absolute atomic E-state index is 12.4. The number of carbonyl (C=O) groups excluding carboxylic acids is 1. The summed E-state index contributed by atoms with van der Waals surface area (Å²) in [7, 11) is 1.40. The molecule has 0 unspecified atom stereocenters. The fourth-order valence-corrected chi connectivity index (χ4v) is 4.45. The first kappa shape index (κ1) is 21.1. The molecule has 4 rings (SSSR count). The molecule has 0 amide bonds. The van der Waals surface area contributed by atoms with E-state index in [1.54, 1.807) is 12.3 Å². The van der Waals surface area contributed by atoms with E-state index in [0.717, 1.165) is 41.6 Å². The summed E-state index contributed by atoms with van der Waals surface area (Å²) in [4.78, 5) is 19.3. The highest BCUT2D eigenvalue weighted by Crippen LogP contribution is 2.40. The molecule has 31 heavy (non-hydrogen) atoms. The van der Waals surface area contributed by atoms with E-state index < -0.39 is 0 Å². The minimum absolute atomic E-state index is 0.0605. The van der Waals surface area contributed by atoms with Gasteiger partial charge in [-0.25, -0.2) is 4.79 Å². The lowest BCUT2D eigenvalue weighted by Crippen LogP contribution is -2.31. The summed E-state index contributed by atoms with van der Waals surface area (Å²) < 4.78 is 7.07. The molecule has 7 heteroatoms. The second-order valence-corrected chi connectivity index (χ2v) is 7.87. The normalized spacial score (nSPS) is 18.1. The number of hydrogen-bond acceptors (Lipinski definition) is 4.